The van der Waals surface area contributed by atoms with Crippen LogP contribution in [-0.2, 0) is 0 Å². The summed E-state index contributed by atoms with van der Waals surface area (Å²) in [6.45, 7) is 5.80. The number of aryl methyl sites for hydroxylation is 2. The molecule has 3 heteroatoms. The highest BCUT2D eigenvalue weighted by molar-refractivity contribution is 6.32. The van der Waals surface area contributed by atoms with E-state index in [1.54, 1.807) is 19.1 Å². The quantitative estimate of drug-likeness (QED) is 0.872. The molecule has 19 heavy (non-hydrogen) atoms. The van der Waals surface area contributed by atoms with Gasteiger partial charge in [-0.2, -0.15) is 0 Å². The fourth-order valence-electron chi connectivity index (χ4n) is 1.76. The first-order valence-corrected chi connectivity index (χ1v) is 6.58. The van der Waals surface area contributed by atoms with Crippen molar-refractivity contribution in [2.45, 2.75) is 26.9 Å². The maximum absolute atomic E-state index is 9.50. The normalized spacial score (nSPS) is 12.3. The molecular weight excluding hydrogens is 260 g/mol. The third-order valence-corrected chi connectivity index (χ3v) is 3.44. The molecule has 0 aliphatic heterocycles. The van der Waals surface area contributed by atoms with Crippen molar-refractivity contribution in [2.75, 3.05) is 0 Å². The van der Waals surface area contributed by atoms with Crippen LogP contribution in [0.15, 0.2) is 36.4 Å². The fraction of sp³-hybridized carbons (Fsp3) is 0.250. The lowest BCUT2D eigenvalue weighted by Crippen LogP contribution is -1.92. The Kier molecular flexibility index (Phi) is 4.13. The van der Waals surface area contributed by atoms with E-state index >= 15 is 0 Å². The summed E-state index contributed by atoms with van der Waals surface area (Å²) in [6, 6.07) is 11.2. The van der Waals surface area contributed by atoms with Crippen LogP contribution in [-0.4, -0.2) is 5.11 Å². The first kappa shape index (κ1) is 13.9. The number of aliphatic hydroxyl groups excluding tert-OH is 1. The average molecular weight is 277 g/mol. The number of benzene rings is 2. The minimum absolute atomic E-state index is 0.497. The molecule has 0 saturated heterocycles. The minimum atomic E-state index is -0.534. The molecule has 0 fully saturated rings. The highest BCUT2D eigenvalue weighted by atomic mass is 35.5. The van der Waals surface area contributed by atoms with Gasteiger partial charge in [-0.15, -0.1) is 0 Å². The monoisotopic (exact) mass is 276 g/mol. The molecule has 100 valence electrons. The van der Waals surface area contributed by atoms with E-state index < -0.39 is 6.10 Å². The highest BCUT2D eigenvalue weighted by Crippen LogP contribution is 2.32. The van der Waals surface area contributed by atoms with E-state index in [-0.39, 0.29) is 0 Å². The van der Waals surface area contributed by atoms with E-state index in [0.717, 1.165) is 11.3 Å². The number of halogens is 1. The smallest absolute Gasteiger partial charge is 0.146 e. The standard InChI is InChI=1S/C16H17ClO2/c1-10-4-6-14(8-11(10)2)19-16-7-5-13(12(3)18)9-15(16)17/h4-9,12,18H,1-3H3/t12-/m0/s1. The van der Waals surface area contributed by atoms with Gasteiger partial charge in [0.05, 0.1) is 11.1 Å². The lowest BCUT2D eigenvalue weighted by atomic mass is 10.1. The SMILES string of the molecule is Cc1ccc(Oc2ccc([C@H](C)O)cc2Cl)cc1C. The summed E-state index contributed by atoms with van der Waals surface area (Å²) >= 11 is 6.16. The van der Waals surface area contributed by atoms with Gasteiger partial charge in [-0.25, -0.2) is 0 Å². The molecule has 2 aromatic rings. The zero-order chi connectivity index (χ0) is 14.0. The highest BCUT2D eigenvalue weighted by Gasteiger charge is 2.08. The van der Waals surface area contributed by atoms with Crippen LogP contribution in [0.2, 0.25) is 5.02 Å². The lowest BCUT2D eigenvalue weighted by Gasteiger charge is -2.11. The van der Waals surface area contributed by atoms with Crippen molar-refractivity contribution in [2.24, 2.45) is 0 Å². The summed E-state index contributed by atoms with van der Waals surface area (Å²) in [4.78, 5) is 0. The van der Waals surface area contributed by atoms with Crippen LogP contribution in [0.4, 0.5) is 0 Å². The third kappa shape index (κ3) is 3.28. The topological polar surface area (TPSA) is 29.5 Å². The van der Waals surface area contributed by atoms with Crippen molar-refractivity contribution in [3.05, 3.63) is 58.1 Å². The second-order valence-electron chi connectivity index (χ2n) is 4.71. The van der Waals surface area contributed by atoms with Gasteiger partial charge in [-0.3, -0.25) is 0 Å². The molecule has 0 aromatic heterocycles. The molecule has 0 amide bonds. The van der Waals surface area contributed by atoms with E-state index in [9.17, 15) is 5.11 Å². The van der Waals surface area contributed by atoms with Gasteiger partial charge in [0.2, 0.25) is 0 Å². The number of aliphatic hydroxyl groups is 1. The summed E-state index contributed by atoms with van der Waals surface area (Å²) in [6.07, 6.45) is -0.534. The molecule has 2 aromatic carbocycles. The molecule has 1 atom stereocenters. The summed E-state index contributed by atoms with van der Waals surface area (Å²) < 4.78 is 5.77. The van der Waals surface area contributed by atoms with Crippen LogP contribution in [0.5, 0.6) is 11.5 Å². The van der Waals surface area contributed by atoms with Crippen molar-refractivity contribution in [3.63, 3.8) is 0 Å². The zero-order valence-electron chi connectivity index (χ0n) is 11.3. The second-order valence-corrected chi connectivity index (χ2v) is 5.12. The summed E-state index contributed by atoms with van der Waals surface area (Å²) in [7, 11) is 0. The molecule has 0 unspecified atom stereocenters. The summed E-state index contributed by atoms with van der Waals surface area (Å²) in [5.41, 5.74) is 3.18. The molecule has 0 spiro atoms. The van der Waals surface area contributed by atoms with Gasteiger partial charge in [-0.05, 0) is 61.7 Å². The van der Waals surface area contributed by atoms with Gasteiger partial charge in [0.25, 0.3) is 0 Å². The van der Waals surface area contributed by atoms with E-state index in [4.69, 9.17) is 16.3 Å². The lowest BCUT2D eigenvalue weighted by molar-refractivity contribution is 0.199. The third-order valence-electron chi connectivity index (χ3n) is 3.14. The molecule has 0 saturated carbocycles. The van der Waals surface area contributed by atoms with Gasteiger partial charge < -0.3 is 9.84 Å². The van der Waals surface area contributed by atoms with Crippen molar-refractivity contribution in [1.29, 1.82) is 0 Å². The minimum Gasteiger partial charge on any atom is -0.456 e. The molecule has 1 N–H and O–H groups in total. The number of hydrogen-bond donors (Lipinski definition) is 1. The Morgan fingerprint density at radius 2 is 1.79 bits per heavy atom. The first-order chi connectivity index (χ1) is 8.97. The molecule has 0 aliphatic rings. The molecule has 2 rings (SSSR count). The van der Waals surface area contributed by atoms with Crippen molar-refractivity contribution < 1.29 is 9.84 Å². The van der Waals surface area contributed by atoms with Crippen LogP contribution in [0.1, 0.15) is 29.7 Å². The predicted molar refractivity (Wildman–Crippen MR) is 78.1 cm³/mol. The Balaban J connectivity index is 2.25. The van der Waals surface area contributed by atoms with Crippen molar-refractivity contribution >= 4 is 11.6 Å². The Labute approximate surface area is 118 Å². The number of hydrogen-bond acceptors (Lipinski definition) is 2. The average Bonchev–Trinajstić information content (AvgIpc) is 2.36. The van der Waals surface area contributed by atoms with Gasteiger partial charge >= 0.3 is 0 Å². The largest absolute Gasteiger partial charge is 0.456 e. The van der Waals surface area contributed by atoms with Crippen LogP contribution in [0.25, 0.3) is 0 Å². The Morgan fingerprint density at radius 3 is 2.37 bits per heavy atom. The number of rotatable bonds is 3. The van der Waals surface area contributed by atoms with Crippen molar-refractivity contribution in [1.82, 2.24) is 0 Å². The fourth-order valence-corrected chi connectivity index (χ4v) is 1.99. The Hall–Kier alpha value is -1.51. The van der Waals surface area contributed by atoms with Gasteiger partial charge in [-0.1, -0.05) is 23.7 Å². The number of ether oxygens (including phenoxy) is 1. The zero-order valence-corrected chi connectivity index (χ0v) is 12.0. The maximum atomic E-state index is 9.50. The van der Waals surface area contributed by atoms with Crippen molar-refractivity contribution in [3.8, 4) is 11.5 Å². The molecular formula is C16H17ClO2. The van der Waals surface area contributed by atoms with Gasteiger partial charge in [0.1, 0.15) is 11.5 Å². The van der Waals surface area contributed by atoms with Crippen LogP contribution in [0.3, 0.4) is 0 Å². The van der Waals surface area contributed by atoms with Crippen LogP contribution < -0.4 is 4.74 Å². The second kappa shape index (κ2) is 5.64. The van der Waals surface area contributed by atoms with E-state index in [1.807, 2.05) is 31.2 Å². The van der Waals surface area contributed by atoms with Crippen LogP contribution in [0, 0.1) is 13.8 Å². The molecule has 0 heterocycles. The van der Waals surface area contributed by atoms with Crippen LogP contribution >= 0.6 is 11.6 Å². The molecule has 0 aliphatic carbocycles. The summed E-state index contributed by atoms with van der Waals surface area (Å²) in [5.74, 6) is 1.35. The maximum Gasteiger partial charge on any atom is 0.146 e. The summed E-state index contributed by atoms with van der Waals surface area (Å²) in [5, 5.41) is 9.99. The van der Waals surface area contributed by atoms with E-state index in [2.05, 4.69) is 6.92 Å². The first-order valence-electron chi connectivity index (χ1n) is 6.20. The van der Waals surface area contributed by atoms with E-state index in [1.165, 1.54) is 11.1 Å². The Morgan fingerprint density at radius 1 is 1.05 bits per heavy atom. The van der Waals surface area contributed by atoms with Gasteiger partial charge in [0.15, 0.2) is 0 Å². The molecule has 0 bridgehead atoms. The predicted octanol–water partition coefficient (Wildman–Crippen LogP) is 4.80. The molecule has 2 nitrogen and oxygen atoms in total. The molecule has 0 radical (unpaired) electrons. The van der Waals surface area contributed by atoms with E-state index in [0.29, 0.717) is 10.8 Å². The van der Waals surface area contributed by atoms with Gasteiger partial charge in [0, 0.05) is 0 Å². The Bertz CT molecular complexity index is 591.